The van der Waals surface area contributed by atoms with Crippen LogP contribution < -0.4 is 0 Å². The Balaban J connectivity index is 3.00. The Kier molecular flexibility index (Phi) is 2.82. The summed E-state index contributed by atoms with van der Waals surface area (Å²) in [5.41, 5.74) is 0.468. The molecule has 0 amide bonds. The average molecular weight is 166 g/mol. The molecule has 0 aromatic heterocycles. The third-order valence-electron chi connectivity index (χ3n) is 1.70. The van der Waals surface area contributed by atoms with E-state index in [-0.39, 0.29) is 12.4 Å². The zero-order valence-electron chi connectivity index (χ0n) is 6.47. The summed E-state index contributed by atoms with van der Waals surface area (Å²) in [4.78, 5) is 10.4. The molecule has 3 heteroatoms. The second-order valence-corrected chi connectivity index (χ2v) is 2.48. The number of carbonyl (C=O) groups is 1. The number of rotatable bonds is 3. The number of benzene rings is 1. The highest BCUT2D eigenvalue weighted by Gasteiger charge is 2.11. The summed E-state index contributed by atoms with van der Waals surface area (Å²) < 4.78 is 0. The van der Waals surface area contributed by atoms with Crippen LogP contribution in [0.25, 0.3) is 0 Å². The fourth-order valence-electron chi connectivity index (χ4n) is 1.02. The summed E-state index contributed by atoms with van der Waals surface area (Å²) in [5, 5.41) is 18.0. The lowest BCUT2D eigenvalue weighted by Gasteiger charge is -2.07. The summed E-state index contributed by atoms with van der Waals surface area (Å²) in [5.74, 6) is -0.574. The van der Waals surface area contributed by atoms with Crippen LogP contribution in [0.3, 0.4) is 0 Å². The molecule has 12 heavy (non-hydrogen) atoms. The van der Waals surface area contributed by atoms with Gasteiger partial charge in [0.1, 0.15) is 12.0 Å². The summed E-state index contributed by atoms with van der Waals surface area (Å²) in [7, 11) is 0. The number of hydrogen-bond acceptors (Lipinski definition) is 3. The van der Waals surface area contributed by atoms with Gasteiger partial charge >= 0.3 is 0 Å². The minimum Gasteiger partial charge on any atom is -0.508 e. The van der Waals surface area contributed by atoms with Gasteiger partial charge in [-0.15, -0.1) is 0 Å². The highest BCUT2D eigenvalue weighted by Crippen LogP contribution is 2.23. The van der Waals surface area contributed by atoms with Crippen molar-refractivity contribution < 1.29 is 15.0 Å². The van der Waals surface area contributed by atoms with Crippen LogP contribution in [0, 0.1) is 0 Å². The van der Waals surface area contributed by atoms with E-state index < -0.39 is 5.92 Å². The van der Waals surface area contributed by atoms with Gasteiger partial charge in [-0.25, -0.2) is 0 Å². The van der Waals surface area contributed by atoms with Gasteiger partial charge in [0.25, 0.3) is 0 Å². The van der Waals surface area contributed by atoms with E-state index in [2.05, 4.69) is 0 Å². The van der Waals surface area contributed by atoms with Crippen LogP contribution >= 0.6 is 0 Å². The maximum Gasteiger partial charge on any atom is 0.129 e. The average Bonchev–Trinajstić information content (AvgIpc) is 2.10. The Morgan fingerprint density at radius 1 is 1.42 bits per heavy atom. The highest BCUT2D eigenvalue weighted by atomic mass is 16.3. The number of aliphatic hydroxyl groups is 1. The van der Waals surface area contributed by atoms with Crippen molar-refractivity contribution in [1.82, 2.24) is 0 Å². The van der Waals surface area contributed by atoms with Crippen molar-refractivity contribution in [3.05, 3.63) is 29.8 Å². The molecule has 0 radical (unpaired) electrons. The molecule has 3 nitrogen and oxygen atoms in total. The van der Waals surface area contributed by atoms with Gasteiger partial charge in [-0.2, -0.15) is 0 Å². The van der Waals surface area contributed by atoms with E-state index in [0.29, 0.717) is 11.8 Å². The first kappa shape index (κ1) is 8.74. The van der Waals surface area contributed by atoms with E-state index in [4.69, 9.17) is 5.11 Å². The normalized spacial score (nSPS) is 12.4. The minimum absolute atomic E-state index is 0.0450. The smallest absolute Gasteiger partial charge is 0.129 e. The summed E-state index contributed by atoms with van der Waals surface area (Å²) in [6, 6.07) is 6.48. The third kappa shape index (κ3) is 1.62. The molecule has 0 saturated carbocycles. The Bertz CT molecular complexity index is 270. The maximum absolute atomic E-state index is 10.4. The van der Waals surface area contributed by atoms with Crippen molar-refractivity contribution in [1.29, 1.82) is 0 Å². The van der Waals surface area contributed by atoms with Gasteiger partial charge in [0.15, 0.2) is 0 Å². The van der Waals surface area contributed by atoms with E-state index in [1.807, 2.05) is 0 Å². The van der Waals surface area contributed by atoms with Gasteiger partial charge < -0.3 is 15.0 Å². The number of carbonyl (C=O) groups excluding carboxylic acids is 1. The van der Waals surface area contributed by atoms with Crippen molar-refractivity contribution in [2.24, 2.45) is 0 Å². The third-order valence-corrected chi connectivity index (χ3v) is 1.70. The molecule has 1 atom stereocenters. The van der Waals surface area contributed by atoms with Gasteiger partial charge in [0.05, 0.1) is 12.5 Å². The molecule has 0 fully saturated rings. The number of para-hydroxylation sites is 1. The predicted octanol–water partition coefficient (Wildman–Crippen LogP) is 0.667. The van der Waals surface area contributed by atoms with Gasteiger partial charge in [-0.05, 0) is 6.07 Å². The molecule has 1 unspecified atom stereocenters. The van der Waals surface area contributed by atoms with E-state index in [1.165, 1.54) is 6.07 Å². The Morgan fingerprint density at radius 2 is 2.08 bits per heavy atom. The molecule has 0 bridgehead atoms. The summed E-state index contributed by atoms with van der Waals surface area (Å²) in [6.45, 7) is -0.277. The van der Waals surface area contributed by atoms with Crippen molar-refractivity contribution in [2.45, 2.75) is 5.92 Å². The standard InChI is InChI=1S/C9H10O3/c10-5-7(6-11)8-3-1-2-4-9(8)12/h1-5,7,11-12H,6H2. The molecular formula is C9H10O3. The molecular weight excluding hydrogens is 156 g/mol. The van der Waals surface area contributed by atoms with Crippen molar-refractivity contribution in [3.63, 3.8) is 0 Å². The quantitative estimate of drug-likeness (QED) is 0.649. The van der Waals surface area contributed by atoms with Gasteiger partial charge in [0, 0.05) is 5.56 Å². The van der Waals surface area contributed by atoms with Crippen LogP contribution in [0.2, 0.25) is 0 Å². The van der Waals surface area contributed by atoms with Crippen molar-refractivity contribution in [2.75, 3.05) is 6.61 Å². The molecule has 64 valence electrons. The maximum atomic E-state index is 10.4. The van der Waals surface area contributed by atoms with E-state index >= 15 is 0 Å². The zero-order valence-corrected chi connectivity index (χ0v) is 6.47. The van der Waals surface area contributed by atoms with Crippen LogP contribution in [0.4, 0.5) is 0 Å². The largest absolute Gasteiger partial charge is 0.508 e. The summed E-state index contributed by atoms with van der Waals surface area (Å²) in [6.07, 6.45) is 0.620. The number of phenols is 1. The molecule has 0 aliphatic rings. The molecule has 0 aliphatic heterocycles. The van der Waals surface area contributed by atoms with E-state index in [9.17, 15) is 9.90 Å². The molecule has 1 aromatic carbocycles. The Hall–Kier alpha value is -1.35. The molecule has 1 rings (SSSR count). The molecule has 2 N–H and O–H groups in total. The van der Waals surface area contributed by atoms with Gasteiger partial charge in [-0.3, -0.25) is 0 Å². The lowest BCUT2D eigenvalue weighted by Crippen LogP contribution is -2.05. The second-order valence-electron chi connectivity index (χ2n) is 2.48. The van der Waals surface area contributed by atoms with Crippen LogP contribution in [0.1, 0.15) is 11.5 Å². The monoisotopic (exact) mass is 166 g/mol. The lowest BCUT2D eigenvalue weighted by atomic mass is 10.0. The Labute approximate surface area is 70.3 Å². The SMILES string of the molecule is O=CC(CO)c1ccccc1O. The number of aromatic hydroxyl groups is 1. The predicted molar refractivity (Wildman–Crippen MR) is 44.0 cm³/mol. The van der Waals surface area contributed by atoms with E-state index in [0.717, 1.165) is 0 Å². The highest BCUT2D eigenvalue weighted by molar-refractivity contribution is 5.64. The number of hydrogen-bond donors (Lipinski definition) is 2. The van der Waals surface area contributed by atoms with Crippen LogP contribution in [-0.4, -0.2) is 23.1 Å². The van der Waals surface area contributed by atoms with E-state index in [1.54, 1.807) is 18.2 Å². The topological polar surface area (TPSA) is 57.5 Å². The molecule has 0 saturated heterocycles. The number of phenolic OH excluding ortho intramolecular Hbond substituents is 1. The van der Waals surface area contributed by atoms with Crippen molar-refractivity contribution >= 4 is 6.29 Å². The fourth-order valence-corrected chi connectivity index (χ4v) is 1.02. The molecule has 1 aromatic rings. The number of aliphatic hydroxyl groups excluding tert-OH is 1. The zero-order chi connectivity index (χ0) is 8.97. The Morgan fingerprint density at radius 3 is 2.58 bits per heavy atom. The van der Waals surface area contributed by atoms with Crippen LogP contribution in [0.15, 0.2) is 24.3 Å². The lowest BCUT2D eigenvalue weighted by molar-refractivity contribution is -0.109. The molecule has 0 heterocycles. The fraction of sp³-hybridized carbons (Fsp3) is 0.222. The first-order chi connectivity index (χ1) is 5.79. The number of aldehydes is 1. The second kappa shape index (κ2) is 3.88. The van der Waals surface area contributed by atoms with Crippen LogP contribution in [-0.2, 0) is 4.79 Å². The first-order valence-corrected chi connectivity index (χ1v) is 3.63. The van der Waals surface area contributed by atoms with Gasteiger partial charge in [0.2, 0.25) is 0 Å². The van der Waals surface area contributed by atoms with Crippen LogP contribution in [0.5, 0.6) is 5.75 Å². The van der Waals surface area contributed by atoms with Gasteiger partial charge in [-0.1, -0.05) is 18.2 Å². The first-order valence-electron chi connectivity index (χ1n) is 3.63. The molecule has 0 aliphatic carbocycles. The molecule has 0 spiro atoms. The van der Waals surface area contributed by atoms with Crippen molar-refractivity contribution in [3.8, 4) is 5.75 Å². The summed E-state index contributed by atoms with van der Waals surface area (Å²) >= 11 is 0. The minimum atomic E-state index is -0.619.